The Morgan fingerprint density at radius 1 is 0.516 bits per heavy atom. The van der Waals surface area contributed by atoms with E-state index in [4.69, 9.17) is 0 Å². The SMILES string of the molecule is CCCCCCCCCCCCC(CCCCCCCCCC)(C(=O)[O-])C(=O)[O-].[K+].[Li+]. The van der Waals surface area contributed by atoms with E-state index < -0.39 is 17.4 Å². The van der Waals surface area contributed by atoms with Gasteiger partial charge in [0.15, 0.2) is 0 Å². The zero-order valence-electron chi connectivity index (χ0n) is 21.3. The molecule has 0 heterocycles. The Kier molecular flexibility index (Phi) is 30.6. The van der Waals surface area contributed by atoms with Crippen LogP contribution in [0.4, 0.5) is 0 Å². The fourth-order valence-electron chi connectivity index (χ4n) is 4.09. The van der Waals surface area contributed by atoms with E-state index in [1.165, 1.54) is 64.2 Å². The predicted octanol–water partition coefficient (Wildman–Crippen LogP) is -0.678. The fraction of sp³-hybridized carbons (Fsp3) is 0.920. The molecule has 0 unspecified atom stereocenters. The summed E-state index contributed by atoms with van der Waals surface area (Å²) >= 11 is 0. The van der Waals surface area contributed by atoms with E-state index in [1.54, 1.807) is 0 Å². The maximum Gasteiger partial charge on any atom is 1.00 e. The zero-order chi connectivity index (χ0) is 21.8. The number of carbonyl (C=O) groups excluding carboxylic acids is 2. The van der Waals surface area contributed by atoms with Crippen LogP contribution in [0, 0.1) is 5.41 Å². The van der Waals surface area contributed by atoms with Gasteiger partial charge in [-0.15, -0.1) is 0 Å². The standard InChI is InChI=1S/C25H48O4.K.Li/c1-3-5-7-9-11-13-14-16-18-20-22-25(23(26)27,24(28)29)21-19-17-15-12-10-8-6-4-2;;/h3-22H2,1-2H3,(H,26,27)(H,28,29);;/q;2*+1/p-2. The van der Waals surface area contributed by atoms with Crippen LogP contribution < -0.4 is 80.5 Å². The fourth-order valence-corrected chi connectivity index (χ4v) is 4.09. The molecule has 0 aromatic heterocycles. The summed E-state index contributed by atoms with van der Waals surface area (Å²) in [5.41, 5.74) is -1.80. The second-order valence-electron chi connectivity index (χ2n) is 8.81. The largest absolute Gasteiger partial charge is 1.00 e. The Hall–Kier alpha value is 1.17. The number of unbranched alkanes of at least 4 members (excludes halogenated alkanes) is 16. The molecule has 0 spiro atoms. The zero-order valence-corrected chi connectivity index (χ0v) is 24.4. The van der Waals surface area contributed by atoms with Gasteiger partial charge < -0.3 is 19.8 Å². The smallest absolute Gasteiger partial charge is 0.549 e. The number of hydrogen-bond donors (Lipinski definition) is 0. The van der Waals surface area contributed by atoms with Crippen LogP contribution in [0.5, 0.6) is 0 Å². The molecular weight excluding hydrogens is 410 g/mol. The molecule has 6 heteroatoms. The first-order valence-electron chi connectivity index (χ1n) is 12.4. The van der Waals surface area contributed by atoms with E-state index in [0.29, 0.717) is 12.8 Å². The molecule has 0 aromatic rings. The number of carboxylic acids is 2. The molecule has 0 aliphatic rings. The van der Waals surface area contributed by atoms with Crippen LogP contribution in [0.15, 0.2) is 0 Å². The van der Waals surface area contributed by atoms with Gasteiger partial charge in [0.2, 0.25) is 0 Å². The van der Waals surface area contributed by atoms with Crippen molar-refractivity contribution in [3.8, 4) is 0 Å². The third-order valence-electron chi connectivity index (χ3n) is 6.20. The second-order valence-corrected chi connectivity index (χ2v) is 8.81. The van der Waals surface area contributed by atoms with Crippen LogP contribution in [-0.2, 0) is 9.59 Å². The predicted molar refractivity (Wildman–Crippen MR) is 116 cm³/mol. The van der Waals surface area contributed by atoms with Crippen molar-refractivity contribution in [3.05, 3.63) is 0 Å². The molecule has 0 fully saturated rings. The molecular formula is C25H46KLiO4. The van der Waals surface area contributed by atoms with Crippen molar-refractivity contribution < 1.29 is 90.0 Å². The van der Waals surface area contributed by atoms with Gasteiger partial charge >= 0.3 is 70.2 Å². The van der Waals surface area contributed by atoms with E-state index in [-0.39, 0.29) is 83.1 Å². The summed E-state index contributed by atoms with van der Waals surface area (Å²) in [6, 6.07) is 0. The van der Waals surface area contributed by atoms with Gasteiger partial charge in [-0.05, 0) is 12.8 Å². The molecule has 172 valence electrons. The summed E-state index contributed by atoms with van der Waals surface area (Å²) in [6.45, 7) is 4.40. The molecule has 4 nitrogen and oxygen atoms in total. The van der Waals surface area contributed by atoms with Gasteiger partial charge in [-0.3, -0.25) is 0 Å². The van der Waals surface area contributed by atoms with Crippen LogP contribution >= 0.6 is 0 Å². The van der Waals surface area contributed by atoms with Crippen molar-refractivity contribution >= 4 is 11.9 Å². The summed E-state index contributed by atoms with van der Waals surface area (Å²) in [4.78, 5) is 23.3. The van der Waals surface area contributed by atoms with Crippen LogP contribution in [0.2, 0.25) is 0 Å². The van der Waals surface area contributed by atoms with Gasteiger partial charge in [0.25, 0.3) is 0 Å². The number of carboxylic acid groups (broad SMARTS) is 2. The van der Waals surface area contributed by atoms with E-state index in [1.807, 2.05) is 0 Å². The molecule has 0 aliphatic carbocycles. The first-order valence-corrected chi connectivity index (χ1v) is 12.4. The molecule has 0 saturated heterocycles. The van der Waals surface area contributed by atoms with Crippen molar-refractivity contribution in [2.24, 2.45) is 5.41 Å². The molecule has 0 aromatic carbocycles. The maximum absolute atomic E-state index is 11.7. The van der Waals surface area contributed by atoms with Crippen molar-refractivity contribution in [1.82, 2.24) is 0 Å². The van der Waals surface area contributed by atoms with E-state index in [0.717, 1.165) is 38.5 Å². The normalized spacial score (nSPS) is 10.9. The molecule has 0 radical (unpaired) electrons. The summed E-state index contributed by atoms with van der Waals surface area (Å²) in [7, 11) is 0. The van der Waals surface area contributed by atoms with Gasteiger partial charge in [0, 0.05) is 5.41 Å². The van der Waals surface area contributed by atoms with Gasteiger partial charge in [-0.1, -0.05) is 129 Å². The van der Waals surface area contributed by atoms with Crippen LogP contribution in [-0.4, -0.2) is 11.9 Å². The van der Waals surface area contributed by atoms with E-state index >= 15 is 0 Å². The third-order valence-corrected chi connectivity index (χ3v) is 6.20. The molecule has 0 aliphatic heterocycles. The first kappa shape index (κ1) is 36.7. The Labute approximate surface area is 247 Å². The van der Waals surface area contributed by atoms with Crippen molar-refractivity contribution in [2.45, 2.75) is 142 Å². The Morgan fingerprint density at radius 3 is 0.968 bits per heavy atom. The minimum absolute atomic E-state index is 0. The van der Waals surface area contributed by atoms with Crippen molar-refractivity contribution in [2.75, 3.05) is 0 Å². The molecule has 0 N–H and O–H groups in total. The minimum atomic E-state index is -1.80. The molecule has 0 amide bonds. The number of carbonyl (C=O) groups is 2. The number of rotatable bonds is 22. The van der Waals surface area contributed by atoms with Crippen LogP contribution in [0.25, 0.3) is 0 Å². The minimum Gasteiger partial charge on any atom is -0.549 e. The quantitative estimate of drug-likeness (QED) is 0.123. The topological polar surface area (TPSA) is 80.3 Å². The second kappa shape index (κ2) is 25.8. The van der Waals surface area contributed by atoms with Crippen LogP contribution in [0.3, 0.4) is 0 Å². The summed E-state index contributed by atoms with van der Waals surface area (Å²) in [5.74, 6) is -2.92. The van der Waals surface area contributed by atoms with Gasteiger partial charge in [-0.2, -0.15) is 0 Å². The average Bonchev–Trinajstić information content (AvgIpc) is 2.69. The van der Waals surface area contributed by atoms with Crippen molar-refractivity contribution in [3.63, 3.8) is 0 Å². The van der Waals surface area contributed by atoms with Crippen molar-refractivity contribution in [1.29, 1.82) is 0 Å². The number of hydrogen-bond acceptors (Lipinski definition) is 4. The Bertz CT molecular complexity index is 404. The number of aliphatic carboxylic acids is 2. The van der Waals surface area contributed by atoms with Gasteiger partial charge in [0.1, 0.15) is 0 Å². The average molecular weight is 457 g/mol. The van der Waals surface area contributed by atoms with Gasteiger partial charge in [0.05, 0.1) is 11.9 Å². The molecule has 0 saturated carbocycles. The van der Waals surface area contributed by atoms with Gasteiger partial charge in [-0.25, -0.2) is 0 Å². The third kappa shape index (κ3) is 19.2. The Balaban J connectivity index is -0.00000392. The first-order chi connectivity index (χ1) is 14.0. The molecule has 0 rings (SSSR count). The monoisotopic (exact) mass is 456 g/mol. The van der Waals surface area contributed by atoms with Crippen LogP contribution in [0.1, 0.15) is 142 Å². The summed E-state index contributed by atoms with van der Waals surface area (Å²) < 4.78 is 0. The maximum atomic E-state index is 11.7. The van der Waals surface area contributed by atoms with E-state index in [9.17, 15) is 19.8 Å². The Morgan fingerprint density at radius 2 is 0.742 bits per heavy atom. The molecule has 0 bridgehead atoms. The molecule has 0 atom stereocenters. The molecule has 31 heavy (non-hydrogen) atoms. The summed E-state index contributed by atoms with van der Waals surface area (Å²) in [6.07, 6.45) is 20.3. The van der Waals surface area contributed by atoms with E-state index in [2.05, 4.69) is 13.8 Å². The summed E-state index contributed by atoms with van der Waals surface area (Å²) in [5, 5.41) is 23.3.